The fourth-order valence-corrected chi connectivity index (χ4v) is 1.36. The molecule has 0 heterocycles. The van der Waals surface area contributed by atoms with Crippen molar-refractivity contribution in [3.8, 4) is 0 Å². The average molecular weight is 238 g/mol. The minimum Gasteiger partial charge on any atom is -0.450 e. The Morgan fingerprint density at radius 1 is 1.44 bits per heavy atom. The van der Waals surface area contributed by atoms with Crippen molar-refractivity contribution >= 4 is 29.0 Å². The van der Waals surface area contributed by atoms with Crippen LogP contribution in [0.15, 0.2) is 24.3 Å². The van der Waals surface area contributed by atoms with Crippen molar-refractivity contribution in [3.05, 3.63) is 29.8 Å². The maximum absolute atomic E-state index is 11.1. The Labute approximate surface area is 99.8 Å². The van der Waals surface area contributed by atoms with Gasteiger partial charge in [-0.15, -0.1) is 0 Å². The zero-order valence-corrected chi connectivity index (χ0v) is 9.84. The highest BCUT2D eigenvalue weighted by Gasteiger charge is 2.01. The fraction of sp³-hybridized carbons (Fsp3) is 0.273. The lowest BCUT2D eigenvalue weighted by atomic mass is 10.1. The van der Waals surface area contributed by atoms with Crippen LogP contribution in [0.2, 0.25) is 0 Å². The van der Waals surface area contributed by atoms with E-state index in [1.54, 1.807) is 19.1 Å². The Kier molecular flexibility index (Phi) is 4.72. The molecule has 0 aromatic heterocycles. The first-order valence-electron chi connectivity index (χ1n) is 4.93. The van der Waals surface area contributed by atoms with E-state index in [4.69, 9.17) is 22.7 Å². The summed E-state index contributed by atoms with van der Waals surface area (Å²) in [6, 6.07) is 7.29. The van der Waals surface area contributed by atoms with Gasteiger partial charge in [0, 0.05) is 12.1 Å². The zero-order chi connectivity index (χ0) is 12.0. The normalized spacial score (nSPS) is 9.56. The van der Waals surface area contributed by atoms with Crippen LogP contribution in [0.25, 0.3) is 0 Å². The molecule has 0 aliphatic heterocycles. The molecule has 0 fully saturated rings. The SMILES string of the molecule is CCOC(=O)Nc1ccc(CC(N)=S)cc1. The van der Waals surface area contributed by atoms with Crippen molar-refractivity contribution in [2.45, 2.75) is 13.3 Å². The van der Waals surface area contributed by atoms with E-state index in [-0.39, 0.29) is 0 Å². The molecule has 0 atom stereocenters. The molecule has 0 radical (unpaired) electrons. The summed E-state index contributed by atoms with van der Waals surface area (Å²) in [6.07, 6.45) is 0.110. The first-order chi connectivity index (χ1) is 7.61. The van der Waals surface area contributed by atoms with Crippen molar-refractivity contribution in [2.24, 2.45) is 5.73 Å². The molecule has 5 heteroatoms. The van der Waals surface area contributed by atoms with E-state index < -0.39 is 6.09 Å². The number of thiocarbonyl (C=S) groups is 1. The van der Waals surface area contributed by atoms with Crippen molar-refractivity contribution < 1.29 is 9.53 Å². The first kappa shape index (κ1) is 12.4. The summed E-state index contributed by atoms with van der Waals surface area (Å²) in [5.74, 6) is 0. The third-order valence-electron chi connectivity index (χ3n) is 1.85. The van der Waals surface area contributed by atoms with Gasteiger partial charge < -0.3 is 10.5 Å². The molecule has 1 rings (SSSR count). The molecule has 1 aromatic carbocycles. The third kappa shape index (κ3) is 4.27. The number of anilines is 1. The lowest BCUT2D eigenvalue weighted by Gasteiger charge is -2.06. The maximum atomic E-state index is 11.1. The van der Waals surface area contributed by atoms with Crippen LogP contribution in [0.3, 0.4) is 0 Å². The van der Waals surface area contributed by atoms with Gasteiger partial charge in [0.15, 0.2) is 0 Å². The molecular weight excluding hydrogens is 224 g/mol. The van der Waals surface area contributed by atoms with E-state index in [9.17, 15) is 4.79 Å². The van der Waals surface area contributed by atoms with Gasteiger partial charge in [-0.2, -0.15) is 0 Å². The highest BCUT2D eigenvalue weighted by Crippen LogP contribution is 2.10. The number of hydrogen-bond donors (Lipinski definition) is 2. The number of carbonyl (C=O) groups excluding carboxylic acids is 1. The molecule has 0 saturated heterocycles. The van der Waals surface area contributed by atoms with Crippen molar-refractivity contribution in [1.82, 2.24) is 0 Å². The number of nitrogens with one attached hydrogen (secondary N) is 1. The number of benzene rings is 1. The molecule has 4 nitrogen and oxygen atoms in total. The topological polar surface area (TPSA) is 64.3 Å². The molecule has 3 N–H and O–H groups in total. The van der Waals surface area contributed by atoms with Crippen molar-refractivity contribution in [2.75, 3.05) is 11.9 Å². The quantitative estimate of drug-likeness (QED) is 0.788. The zero-order valence-electron chi connectivity index (χ0n) is 9.03. The predicted molar refractivity (Wildman–Crippen MR) is 67.6 cm³/mol. The molecule has 16 heavy (non-hydrogen) atoms. The molecule has 1 amide bonds. The van der Waals surface area contributed by atoms with Crippen molar-refractivity contribution in [3.63, 3.8) is 0 Å². The summed E-state index contributed by atoms with van der Waals surface area (Å²) in [5.41, 5.74) is 7.13. The van der Waals surface area contributed by atoms with Gasteiger partial charge in [0.1, 0.15) is 0 Å². The van der Waals surface area contributed by atoms with Gasteiger partial charge in [0.05, 0.1) is 11.6 Å². The third-order valence-corrected chi connectivity index (χ3v) is 2.00. The van der Waals surface area contributed by atoms with E-state index >= 15 is 0 Å². The number of hydrogen-bond acceptors (Lipinski definition) is 3. The summed E-state index contributed by atoms with van der Waals surface area (Å²) in [4.78, 5) is 11.6. The van der Waals surface area contributed by atoms with Crippen LogP contribution in [0.1, 0.15) is 12.5 Å². The minimum atomic E-state index is -0.454. The summed E-state index contributed by atoms with van der Waals surface area (Å²) < 4.78 is 4.75. The molecule has 86 valence electrons. The average Bonchev–Trinajstić information content (AvgIpc) is 2.20. The van der Waals surface area contributed by atoms with Gasteiger partial charge in [0.2, 0.25) is 0 Å². The Balaban J connectivity index is 2.57. The fourth-order valence-electron chi connectivity index (χ4n) is 1.19. The summed E-state index contributed by atoms with van der Waals surface area (Å²) >= 11 is 4.80. The van der Waals surface area contributed by atoms with Crippen LogP contribution in [-0.2, 0) is 11.2 Å². The summed E-state index contributed by atoms with van der Waals surface area (Å²) in [5, 5.41) is 2.60. The molecule has 0 aliphatic rings. The number of amides is 1. The second kappa shape index (κ2) is 6.07. The smallest absolute Gasteiger partial charge is 0.411 e. The largest absolute Gasteiger partial charge is 0.450 e. The van der Waals surface area contributed by atoms with E-state index in [1.807, 2.05) is 12.1 Å². The van der Waals surface area contributed by atoms with Crippen LogP contribution in [-0.4, -0.2) is 17.7 Å². The van der Waals surface area contributed by atoms with Crippen molar-refractivity contribution in [1.29, 1.82) is 0 Å². The second-order valence-corrected chi connectivity index (χ2v) is 3.71. The molecular formula is C11H14N2O2S. The molecule has 0 saturated carbocycles. The summed E-state index contributed by atoms with van der Waals surface area (Å²) in [7, 11) is 0. The predicted octanol–water partition coefficient (Wildman–Crippen LogP) is 2.08. The van der Waals surface area contributed by atoms with E-state index in [1.165, 1.54) is 0 Å². The van der Waals surface area contributed by atoms with Gasteiger partial charge in [-0.05, 0) is 24.6 Å². The Morgan fingerprint density at radius 2 is 2.06 bits per heavy atom. The standard InChI is InChI=1S/C11H14N2O2S/c1-2-15-11(14)13-9-5-3-8(4-6-9)7-10(12)16/h3-6H,2,7H2,1H3,(H2,12,16)(H,13,14). The number of carbonyl (C=O) groups is 1. The van der Waals surface area contributed by atoms with E-state index in [0.29, 0.717) is 23.7 Å². The highest BCUT2D eigenvalue weighted by molar-refractivity contribution is 7.80. The number of rotatable bonds is 4. The van der Waals surface area contributed by atoms with Crippen LogP contribution in [0.5, 0.6) is 0 Å². The van der Waals surface area contributed by atoms with Gasteiger partial charge >= 0.3 is 6.09 Å². The monoisotopic (exact) mass is 238 g/mol. The molecule has 0 spiro atoms. The lowest BCUT2D eigenvalue weighted by Crippen LogP contribution is -2.13. The second-order valence-electron chi connectivity index (χ2n) is 3.19. The minimum absolute atomic E-state index is 0.353. The first-order valence-corrected chi connectivity index (χ1v) is 5.33. The van der Waals surface area contributed by atoms with E-state index in [2.05, 4.69) is 5.32 Å². The maximum Gasteiger partial charge on any atom is 0.411 e. The van der Waals surface area contributed by atoms with Gasteiger partial charge in [0.25, 0.3) is 0 Å². The lowest BCUT2D eigenvalue weighted by molar-refractivity contribution is 0.168. The summed E-state index contributed by atoms with van der Waals surface area (Å²) in [6.45, 7) is 2.11. The Hall–Kier alpha value is -1.62. The van der Waals surface area contributed by atoms with E-state index in [0.717, 1.165) is 5.56 Å². The van der Waals surface area contributed by atoms with Crippen LogP contribution in [0.4, 0.5) is 10.5 Å². The number of nitrogens with two attached hydrogens (primary N) is 1. The van der Waals surface area contributed by atoms with Gasteiger partial charge in [-0.1, -0.05) is 24.4 Å². The Morgan fingerprint density at radius 3 is 2.56 bits per heavy atom. The van der Waals surface area contributed by atoms with Crippen LogP contribution < -0.4 is 11.1 Å². The molecule has 1 aromatic rings. The molecule has 0 unspecified atom stereocenters. The van der Waals surface area contributed by atoms with Gasteiger partial charge in [-0.25, -0.2) is 4.79 Å². The van der Waals surface area contributed by atoms with Crippen LogP contribution in [0, 0.1) is 0 Å². The number of ether oxygens (including phenoxy) is 1. The molecule has 0 bridgehead atoms. The van der Waals surface area contributed by atoms with Crippen LogP contribution >= 0.6 is 12.2 Å². The van der Waals surface area contributed by atoms with Gasteiger partial charge in [-0.3, -0.25) is 5.32 Å². The highest BCUT2D eigenvalue weighted by atomic mass is 32.1. The molecule has 0 aliphatic carbocycles. The Bertz CT molecular complexity index is 376.